The molecule has 0 atom stereocenters. The zero-order valence-corrected chi connectivity index (χ0v) is 14.8. The summed E-state index contributed by atoms with van der Waals surface area (Å²) in [4.78, 5) is 33.2. The van der Waals surface area contributed by atoms with Crippen molar-refractivity contribution in [3.8, 4) is 5.75 Å². The maximum atomic E-state index is 12.0. The molecule has 0 saturated heterocycles. The summed E-state index contributed by atoms with van der Waals surface area (Å²) in [7, 11) is 1.27. The number of amides is 1. The van der Waals surface area contributed by atoms with Crippen LogP contribution in [0.1, 0.15) is 15.9 Å². The summed E-state index contributed by atoms with van der Waals surface area (Å²) < 4.78 is 9.66. The quantitative estimate of drug-likeness (QED) is 0.335. The lowest BCUT2D eigenvalue weighted by molar-refractivity contribution is -0.384. The van der Waals surface area contributed by atoms with Gasteiger partial charge >= 0.3 is 5.97 Å². The number of nitro groups is 1. The lowest BCUT2D eigenvalue weighted by atomic mass is 10.2. The van der Waals surface area contributed by atoms with Crippen LogP contribution >= 0.6 is 11.6 Å². The monoisotopic (exact) mass is 391 g/mol. The van der Waals surface area contributed by atoms with Gasteiger partial charge in [-0.05, 0) is 42.0 Å². The molecule has 0 aliphatic heterocycles. The number of hydrogen-bond acceptors (Lipinski definition) is 7. The fourth-order valence-corrected chi connectivity index (χ4v) is 2.06. The van der Waals surface area contributed by atoms with Crippen molar-refractivity contribution in [3.05, 3.63) is 68.7 Å². The number of nitro benzene ring substituents is 1. The molecular weight excluding hydrogens is 378 g/mol. The summed E-state index contributed by atoms with van der Waals surface area (Å²) in [6, 6.07) is 10.3. The standard InChI is InChI=1S/C17H14ClN3O6/c1-26-16(22)10-27-13-5-2-11(3-6-13)9-19-20-17(23)12-4-7-14(18)15(8-12)21(24)25/h2-9H,10H2,1H3,(H,20,23)/b19-9-. The summed E-state index contributed by atoms with van der Waals surface area (Å²) in [5.74, 6) is -0.648. The second-order valence-electron chi connectivity index (χ2n) is 5.06. The highest BCUT2D eigenvalue weighted by molar-refractivity contribution is 6.32. The number of hydrazone groups is 1. The highest BCUT2D eigenvalue weighted by Gasteiger charge is 2.15. The molecule has 1 amide bonds. The Balaban J connectivity index is 1.95. The molecule has 0 fully saturated rings. The number of nitrogens with zero attached hydrogens (tertiary/aromatic N) is 2. The van der Waals surface area contributed by atoms with Gasteiger partial charge in [0.2, 0.25) is 0 Å². The van der Waals surface area contributed by atoms with E-state index < -0.39 is 16.8 Å². The Labute approximate surface area is 158 Å². The summed E-state index contributed by atoms with van der Waals surface area (Å²) in [5.41, 5.74) is 2.61. The molecule has 1 N–H and O–H groups in total. The predicted molar refractivity (Wildman–Crippen MR) is 97.1 cm³/mol. The van der Waals surface area contributed by atoms with Gasteiger partial charge in [-0.15, -0.1) is 0 Å². The molecule has 140 valence electrons. The van der Waals surface area contributed by atoms with E-state index in [1.807, 2.05) is 0 Å². The molecule has 0 radical (unpaired) electrons. The highest BCUT2D eigenvalue weighted by Crippen LogP contribution is 2.24. The predicted octanol–water partition coefficient (Wildman–Crippen LogP) is 2.56. The van der Waals surface area contributed by atoms with Crippen molar-refractivity contribution in [2.45, 2.75) is 0 Å². The SMILES string of the molecule is COC(=O)COc1ccc(/C=N\NC(=O)c2ccc(Cl)c([N+](=O)[O-])c2)cc1. The first-order valence-corrected chi connectivity index (χ1v) is 7.85. The van der Waals surface area contributed by atoms with Crippen LogP contribution in [0.4, 0.5) is 5.69 Å². The van der Waals surface area contributed by atoms with Crippen LogP contribution in [0.5, 0.6) is 5.75 Å². The summed E-state index contributed by atoms with van der Waals surface area (Å²) >= 11 is 5.70. The Morgan fingerprint density at radius 2 is 1.96 bits per heavy atom. The van der Waals surface area contributed by atoms with E-state index in [0.717, 1.165) is 6.07 Å². The van der Waals surface area contributed by atoms with Crippen LogP contribution in [-0.2, 0) is 9.53 Å². The van der Waals surface area contributed by atoms with Gasteiger partial charge in [0.1, 0.15) is 10.8 Å². The van der Waals surface area contributed by atoms with Gasteiger partial charge in [0.25, 0.3) is 11.6 Å². The van der Waals surface area contributed by atoms with Crippen LogP contribution in [0.15, 0.2) is 47.6 Å². The fourth-order valence-electron chi connectivity index (χ4n) is 1.88. The van der Waals surface area contributed by atoms with Crippen LogP contribution in [-0.4, -0.2) is 36.7 Å². The van der Waals surface area contributed by atoms with Crippen molar-refractivity contribution < 1.29 is 24.0 Å². The third kappa shape index (κ3) is 5.79. The molecule has 0 aliphatic rings. The number of ether oxygens (including phenoxy) is 2. The molecule has 0 saturated carbocycles. The van der Waals surface area contributed by atoms with Crippen molar-refractivity contribution in [1.82, 2.24) is 5.43 Å². The molecule has 2 aromatic rings. The van der Waals surface area contributed by atoms with Gasteiger partial charge in [-0.2, -0.15) is 5.10 Å². The Bertz CT molecular complexity index is 883. The number of nitrogens with one attached hydrogen (secondary N) is 1. The van der Waals surface area contributed by atoms with Gasteiger partial charge in [-0.1, -0.05) is 11.6 Å². The summed E-state index contributed by atoms with van der Waals surface area (Å²) in [5, 5.41) is 14.6. The van der Waals surface area contributed by atoms with E-state index in [1.165, 1.54) is 25.5 Å². The zero-order chi connectivity index (χ0) is 19.8. The maximum absolute atomic E-state index is 12.0. The summed E-state index contributed by atoms with van der Waals surface area (Å²) in [6.45, 7) is -0.201. The van der Waals surface area contributed by atoms with Gasteiger partial charge in [0.05, 0.1) is 18.2 Å². The van der Waals surface area contributed by atoms with E-state index in [4.69, 9.17) is 16.3 Å². The lowest BCUT2D eigenvalue weighted by Gasteiger charge is -2.04. The fraction of sp³-hybridized carbons (Fsp3) is 0.118. The normalized spacial score (nSPS) is 10.4. The Hall–Kier alpha value is -3.46. The topological polar surface area (TPSA) is 120 Å². The molecule has 10 heteroatoms. The molecule has 0 bridgehead atoms. The Morgan fingerprint density at radius 3 is 2.59 bits per heavy atom. The third-order valence-corrected chi connectivity index (χ3v) is 3.57. The van der Waals surface area contributed by atoms with Crippen molar-refractivity contribution in [3.63, 3.8) is 0 Å². The van der Waals surface area contributed by atoms with Crippen molar-refractivity contribution >= 4 is 35.4 Å². The van der Waals surface area contributed by atoms with Gasteiger partial charge in [-0.3, -0.25) is 14.9 Å². The number of rotatable bonds is 7. The number of benzene rings is 2. The average molecular weight is 392 g/mol. The second kappa shape index (κ2) is 9.30. The number of esters is 1. The van der Waals surface area contributed by atoms with Gasteiger partial charge in [-0.25, -0.2) is 10.2 Å². The van der Waals surface area contributed by atoms with Crippen LogP contribution in [0.25, 0.3) is 0 Å². The molecule has 0 aromatic heterocycles. The first-order chi connectivity index (χ1) is 12.9. The van der Waals surface area contributed by atoms with Crippen LogP contribution in [0, 0.1) is 10.1 Å². The number of carbonyl (C=O) groups excluding carboxylic acids is 2. The zero-order valence-electron chi connectivity index (χ0n) is 14.0. The van der Waals surface area contributed by atoms with E-state index in [2.05, 4.69) is 15.3 Å². The Kier molecular flexibility index (Phi) is 6.84. The van der Waals surface area contributed by atoms with Crippen LogP contribution in [0.3, 0.4) is 0 Å². The minimum atomic E-state index is -0.674. The molecular formula is C17H14ClN3O6. The largest absolute Gasteiger partial charge is 0.482 e. The van der Waals surface area contributed by atoms with Crippen LogP contribution in [0.2, 0.25) is 5.02 Å². The highest BCUT2D eigenvalue weighted by atomic mass is 35.5. The van der Waals surface area contributed by atoms with E-state index in [0.29, 0.717) is 11.3 Å². The molecule has 9 nitrogen and oxygen atoms in total. The smallest absolute Gasteiger partial charge is 0.343 e. The van der Waals surface area contributed by atoms with Crippen molar-refractivity contribution in [1.29, 1.82) is 0 Å². The van der Waals surface area contributed by atoms with Gasteiger partial charge in [0.15, 0.2) is 6.61 Å². The van der Waals surface area contributed by atoms with Crippen molar-refractivity contribution in [2.24, 2.45) is 5.10 Å². The Morgan fingerprint density at radius 1 is 1.26 bits per heavy atom. The maximum Gasteiger partial charge on any atom is 0.343 e. The molecule has 0 spiro atoms. The molecule has 0 unspecified atom stereocenters. The first kappa shape index (κ1) is 19.9. The number of hydrogen-bond donors (Lipinski definition) is 1. The third-order valence-electron chi connectivity index (χ3n) is 3.25. The molecule has 0 heterocycles. The average Bonchev–Trinajstić information content (AvgIpc) is 2.67. The van der Waals surface area contributed by atoms with Gasteiger partial charge < -0.3 is 9.47 Å². The molecule has 2 aromatic carbocycles. The number of carbonyl (C=O) groups is 2. The minimum absolute atomic E-state index is 0.0507. The van der Waals surface area contributed by atoms with Crippen molar-refractivity contribution in [2.75, 3.05) is 13.7 Å². The number of methoxy groups -OCH3 is 1. The molecule has 27 heavy (non-hydrogen) atoms. The van der Waals surface area contributed by atoms with E-state index in [9.17, 15) is 19.7 Å². The first-order valence-electron chi connectivity index (χ1n) is 7.47. The summed E-state index contributed by atoms with van der Waals surface area (Å²) in [6.07, 6.45) is 1.38. The molecule has 0 aliphatic carbocycles. The van der Waals surface area contributed by atoms with Gasteiger partial charge in [0, 0.05) is 11.6 Å². The van der Waals surface area contributed by atoms with E-state index in [-0.39, 0.29) is 22.9 Å². The van der Waals surface area contributed by atoms with E-state index in [1.54, 1.807) is 24.3 Å². The lowest BCUT2D eigenvalue weighted by Crippen LogP contribution is -2.17. The molecule has 2 rings (SSSR count). The number of halogens is 1. The second-order valence-corrected chi connectivity index (χ2v) is 5.46. The van der Waals surface area contributed by atoms with Crippen LogP contribution < -0.4 is 10.2 Å². The minimum Gasteiger partial charge on any atom is -0.482 e. The van der Waals surface area contributed by atoms with E-state index >= 15 is 0 Å².